The fourth-order valence-electron chi connectivity index (χ4n) is 1.20. The van der Waals surface area contributed by atoms with E-state index in [1.807, 2.05) is 10.9 Å². The summed E-state index contributed by atoms with van der Waals surface area (Å²) in [6, 6.07) is 0.400. The van der Waals surface area contributed by atoms with Gasteiger partial charge in [0.2, 0.25) is 0 Å². The first-order valence-electron chi connectivity index (χ1n) is 4.67. The topological polar surface area (TPSA) is 39.1 Å². The van der Waals surface area contributed by atoms with Crippen molar-refractivity contribution in [1.82, 2.24) is 15.1 Å². The van der Waals surface area contributed by atoms with E-state index in [4.69, 9.17) is 4.74 Å². The number of nitrogens with zero attached hydrogens (tertiary/aromatic N) is 2. The Kier molecular flexibility index (Phi) is 2.22. The standard InChI is InChI=1S/C9H15N3O/c1-7(2)12-6-9(5-11-12)13-8-3-10-4-8/h5-8,10H,3-4H2,1-2H3. The highest BCUT2D eigenvalue weighted by Gasteiger charge is 2.18. The molecule has 0 aromatic carbocycles. The summed E-state index contributed by atoms with van der Waals surface area (Å²) < 4.78 is 7.54. The van der Waals surface area contributed by atoms with E-state index in [1.54, 1.807) is 6.20 Å². The van der Waals surface area contributed by atoms with E-state index in [9.17, 15) is 0 Å². The summed E-state index contributed by atoms with van der Waals surface area (Å²) in [7, 11) is 0. The second-order valence-electron chi connectivity index (χ2n) is 3.65. The van der Waals surface area contributed by atoms with Gasteiger partial charge in [0.15, 0.2) is 5.75 Å². The number of nitrogens with one attached hydrogen (secondary N) is 1. The predicted octanol–water partition coefficient (Wildman–Crippen LogP) is 0.815. The molecule has 72 valence electrons. The molecule has 1 aromatic heterocycles. The summed E-state index contributed by atoms with van der Waals surface area (Å²) >= 11 is 0. The van der Waals surface area contributed by atoms with Crippen LogP contribution in [0.15, 0.2) is 12.4 Å². The normalized spacial score (nSPS) is 17.5. The second kappa shape index (κ2) is 3.38. The summed E-state index contributed by atoms with van der Waals surface area (Å²) in [6.45, 7) is 6.10. The van der Waals surface area contributed by atoms with Crippen LogP contribution < -0.4 is 10.1 Å². The van der Waals surface area contributed by atoms with Crippen molar-refractivity contribution in [2.24, 2.45) is 0 Å². The highest BCUT2D eigenvalue weighted by Crippen LogP contribution is 2.14. The summed E-state index contributed by atoms with van der Waals surface area (Å²) in [5.74, 6) is 0.875. The molecule has 0 unspecified atom stereocenters. The Labute approximate surface area is 77.9 Å². The van der Waals surface area contributed by atoms with Crippen molar-refractivity contribution in [2.75, 3.05) is 13.1 Å². The summed E-state index contributed by atoms with van der Waals surface area (Å²) in [5.41, 5.74) is 0. The zero-order chi connectivity index (χ0) is 9.26. The number of hydrogen-bond donors (Lipinski definition) is 1. The van der Waals surface area contributed by atoms with Crippen molar-refractivity contribution in [3.8, 4) is 5.75 Å². The predicted molar refractivity (Wildman–Crippen MR) is 49.9 cm³/mol. The third-order valence-corrected chi connectivity index (χ3v) is 2.15. The highest BCUT2D eigenvalue weighted by atomic mass is 16.5. The molecular formula is C9H15N3O. The van der Waals surface area contributed by atoms with Gasteiger partial charge in [0.05, 0.1) is 12.4 Å². The first-order valence-corrected chi connectivity index (χ1v) is 4.67. The Morgan fingerprint density at radius 3 is 2.85 bits per heavy atom. The van der Waals surface area contributed by atoms with Crippen molar-refractivity contribution >= 4 is 0 Å². The summed E-state index contributed by atoms with van der Waals surface area (Å²) in [5, 5.41) is 7.36. The van der Waals surface area contributed by atoms with Crippen LogP contribution >= 0.6 is 0 Å². The molecule has 0 saturated carbocycles. The third kappa shape index (κ3) is 1.83. The SMILES string of the molecule is CC(C)n1cc(OC2CNC2)cn1. The molecule has 2 rings (SSSR count). The van der Waals surface area contributed by atoms with Gasteiger partial charge in [-0.2, -0.15) is 5.10 Å². The van der Waals surface area contributed by atoms with Gasteiger partial charge in [-0.15, -0.1) is 0 Å². The molecule has 1 aromatic rings. The van der Waals surface area contributed by atoms with Crippen LogP contribution in [-0.4, -0.2) is 29.0 Å². The first-order chi connectivity index (χ1) is 6.25. The van der Waals surface area contributed by atoms with Gasteiger partial charge in [-0.1, -0.05) is 0 Å². The van der Waals surface area contributed by atoms with E-state index in [-0.39, 0.29) is 0 Å². The maximum Gasteiger partial charge on any atom is 0.157 e. The summed E-state index contributed by atoms with van der Waals surface area (Å²) in [4.78, 5) is 0. The van der Waals surface area contributed by atoms with Crippen LogP contribution in [0.2, 0.25) is 0 Å². The minimum absolute atomic E-state index is 0.338. The van der Waals surface area contributed by atoms with Crippen LogP contribution in [0.5, 0.6) is 5.75 Å². The van der Waals surface area contributed by atoms with Gasteiger partial charge < -0.3 is 10.1 Å². The van der Waals surface area contributed by atoms with Gasteiger partial charge in [-0.05, 0) is 13.8 Å². The third-order valence-electron chi connectivity index (χ3n) is 2.15. The number of hydrogen-bond acceptors (Lipinski definition) is 3. The Morgan fingerprint density at radius 2 is 2.38 bits per heavy atom. The minimum atomic E-state index is 0.338. The van der Waals surface area contributed by atoms with E-state index in [0.29, 0.717) is 12.1 Å². The van der Waals surface area contributed by atoms with Gasteiger partial charge in [0.25, 0.3) is 0 Å². The molecule has 4 nitrogen and oxygen atoms in total. The lowest BCUT2D eigenvalue weighted by Gasteiger charge is -2.26. The lowest BCUT2D eigenvalue weighted by molar-refractivity contribution is 0.142. The Balaban J connectivity index is 1.96. The maximum atomic E-state index is 5.64. The number of rotatable bonds is 3. The molecule has 2 heterocycles. The summed E-state index contributed by atoms with van der Waals surface area (Å²) in [6.07, 6.45) is 4.06. The maximum absolute atomic E-state index is 5.64. The van der Waals surface area contributed by atoms with Gasteiger partial charge in [-0.3, -0.25) is 4.68 Å². The van der Waals surface area contributed by atoms with E-state index < -0.39 is 0 Å². The second-order valence-corrected chi connectivity index (χ2v) is 3.65. The monoisotopic (exact) mass is 181 g/mol. The zero-order valence-corrected chi connectivity index (χ0v) is 8.03. The smallest absolute Gasteiger partial charge is 0.157 e. The number of ether oxygens (including phenoxy) is 1. The van der Waals surface area contributed by atoms with Gasteiger partial charge in [0, 0.05) is 19.1 Å². The molecule has 0 atom stereocenters. The van der Waals surface area contributed by atoms with E-state index in [0.717, 1.165) is 18.8 Å². The fourth-order valence-corrected chi connectivity index (χ4v) is 1.20. The molecule has 4 heteroatoms. The van der Waals surface area contributed by atoms with Crippen molar-refractivity contribution in [3.63, 3.8) is 0 Å². The Bertz CT molecular complexity index is 278. The molecule has 1 N–H and O–H groups in total. The molecular weight excluding hydrogens is 166 g/mol. The average Bonchev–Trinajstić information content (AvgIpc) is 2.44. The zero-order valence-electron chi connectivity index (χ0n) is 8.03. The van der Waals surface area contributed by atoms with E-state index >= 15 is 0 Å². The molecule has 0 amide bonds. The number of aromatic nitrogens is 2. The van der Waals surface area contributed by atoms with Crippen LogP contribution in [0.4, 0.5) is 0 Å². The molecule has 1 aliphatic rings. The van der Waals surface area contributed by atoms with Crippen molar-refractivity contribution in [3.05, 3.63) is 12.4 Å². The molecule has 13 heavy (non-hydrogen) atoms. The van der Waals surface area contributed by atoms with Crippen molar-refractivity contribution in [2.45, 2.75) is 26.0 Å². The molecule has 0 spiro atoms. The molecule has 1 saturated heterocycles. The van der Waals surface area contributed by atoms with E-state index in [1.165, 1.54) is 0 Å². The fraction of sp³-hybridized carbons (Fsp3) is 0.667. The van der Waals surface area contributed by atoms with Gasteiger partial charge in [-0.25, -0.2) is 0 Å². The minimum Gasteiger partial charge on any atom is -0.484 e. The largest absolute Gasteiger partial charge is 0.484 e. The quantitative estimate of drug-likeness (QED) is 0.750. The van der Waals surface area contributed by atoms with Gasteiger partial charge in [0.1, 0.15) is 6.10 Å². The lowest BCUT2D eigenvalue weighted by Crippen LogP contribution is -2.50. The van der Waals surface area contributed by atoms with Crippen LogP contribution in [-0.2, 0) is 0 Å². The van der Waals surface area contributed by atoms with Crippen LogP contribution in [0.1, 0.15) is 19.9 Å². The molecule has 0 aliphatic carbocycles. The first kappa shape index (κ1) is 8.56. The van der Waals surface area contributed by atoms with Crippen molar-refractivity contribution < 1.29 is 4.74 Å². The molecule has 1 fully saturated rings. The van der Waals surface area contributed by atoms with Gasteiger partial charge >= 0.3 is 0 Å². The Hall–Kier alpha value is -1.03. The lowest BCUT2D eigenvalue weighted by atomic mass is 10.2. The van der Waals surface area contributed by atoms with Crippen LogP contribution in [0.25, 0.3) is 0 Å². The van der Waals surface area contributed by atoms with Crippen molar-refractivity contribution in [1.29, 1.82) is 0 Å². The van der Waals surface area contributed by atoms with E-state index in [2.05, 4.69) is 24.3 Å². The van der Waals surface area contributed by atoms with Crippen LogP contribution in [0, 0.1) is 0 Å². The average molecular weight is 181 g/mol. The highest BCUT2D eigenvalue weighted by molar-refractivity contribution is 5.13. The van der Waals surface area contributed by atoms with Crippen LogP contribution in [0.3, 0.4) is 0 Å². The molecule has 0 radical (unpaired) electrons. The molecule has 1 aliphatic heterocycles. The Morgan fingerprint density at radius 1 is 1.62 bits per heavy atom. The molecule has 0 bridgehead atoms.